The summed E-state index contributed by atoms with van der Waals surface area (Å²) in [5.74, 6) is 0. The molecule has 3 aromatic rings. The van der Waals surface area contributed by atoms with Gasteiger partial charge in [0.2, 0.25) is 0 Å². The summed E-state index contributed by atoms with van der Waals surface area (Å²) in [4.78, 5) is 7.20. The van der Waals surface area contributed by atoms with Crippen LogP contribution in [0, 0.1) is 20.8 Å². The Labute approximate surface area is 200 Å². The molecule has 2 aliphatic rings. The third-order valence-electron chi connectivity index (χ3n) is 7.22. The van der Waals surface area contributed by atoms with E-state index in [1.165, 1.54) is 48.2 Å². The van der Waals surface area contributed by atoms with Crippen LogP contribution in [-0.4, -0.2) is 25.6 Å². The number of hydrogen-bond donors (Lipinski definition) is 1. The zero-order valence-electron chi connectivity index (χ0n) is 18.8. The number of nitrogens with one attached hydrogen (secondary N) is 1. The van der Waals surface area contributed by atoms with E-state index in [-0.39, 0.29) is 12.1 Å². The molecule has 32 heavy (non-hydrogen) atoms. The van der Waals surface area contributed by atoms with E-state index in [2.05, 4.69) is 53.8 Å². The number of benzene rings is 1. The molecule has 2 aromatic heterocycles. The Morgan fingerprint density at radius 3 is 2.50 bits per heavy atom. The maximum Gasteiger partial charge on any atom is 0.170 e. The second-order valence-corrected chi connectivity index (χ2v) is 9.82. The normalized spacial score (nSPS) is 21.4. The molecule has 2 unspecified atom stereocenters. The van der Waals surface area contributed by atoms with Gasteiger partial charge in [-0.05, 0) is 81.7 Å². The monoisotopic (exact) mass is 464 g/mol. The van der Waals surface area contributed by atoms with Crippen molar-refractivity contribution in [3.05, 3.63) is 81.9 Å². The third-order valence-corrected chi connectivity index (χ3v) is 7.79. The first-order chi connectivity index (χ1) is 15.5. The summed E-state index contributed by atoms with van der Waals surface area (Å²) in [6, 6.07) is 14.8. The Morgan fingerprint density at radius 1 is 1.03 bits per heavy atom. The number of pyridine rings is 1. The smallest absolute Gasteiger partial charge is 0.170 e. The summed E-state index contributed by atoms with van der Waals surface area (Å²) < 4.78 is 2.33. The molecule has 0 bridgehead atoms. The van der Waals surface area contributed by atoms with Crippen LogP contribution < -0.4 is 5.32 Å². The van der Waals surface area contributed by atoms with E-state index in [0.717, 1.165) is 21.5 Å². The highest BCUT2D eigenvalue weighted by Gasteiger charge is 2.45. The maximum absolute atomic E-state index is 6.35. The van der Waals surface area contributed by atoms with Crippen LogP contribution in [0.5, 0.6) is 0 Å². The Morgan fingerprint density at radius 2 is 1.81 bits per heavy atom. The molecule has 0 amide bonds. The first kappa shape index (κ1) is 21.5. The van der Waals surface area contributed by atoms with Gasteiger partial charge < -0.3 is 14.8 Å². The molecule has 1 aliphatic heterocycles. The Bertz CT molecular complexity index is 1150. The van der Waals surface area contributed by atoms with Crippen molar-refractivity contribution in [2.45, 2.75) is 64.6 Å². The van der Waals surface area contributed by atoms with Crippen LogP contribution in [0.4, 0.5) is 0 Å². The van der Waals surface area contributed by atoms with E-state index in [1.54, 1.807) is 0 Å². The topological polar surface area (TPSA) is 33.1 Å². The lowest BCUT2D eigenvalue weighted by molar-refractivity contribution is 0.244. The van der Waals surface area contributed by atoms with Crippen molar-refractivity contribution in [3.63, 3.8) is 0 Å². The lowest BCUT2D eigenvalue weighted by atomic mass is 9.92. The lowest BCUT2D eigenvalue weighted by Gasteiger charge is -2.33. The molecule has 6 heteroatoms. The van der Waals surface area contributed by atoms with Crippen molar-refractivity contribution in [1.82, 2.24) is 19.8 Å². The molecule has 1 N–H and O–H groups in total. The summed E-state index contributed by atoms with van der Waals surface area (Å²) in [5, 5.41) is 5.24. The number of nitrogens with zero attached hydrogens (tertiary/aromatic N) is 3. The maximum atomic E-state index is 6.35. The minimum absolute atomic E-state index is 0.0244. The molecule has 5 rings (SSSR count). The summed E-state index contributed by atoms with van der Waals surface area (Å²) >= 11 is 12.3. The number of aromatic nitrogens is 2. The minimum Gasteiger partial charge on any atom is -0.352 e. The number of thiocarbonyl (C=S) groups is 1. The van der Waals surface area contributed by atoms with Gasteiger partial charge in [-0.15, -0.1) is 0 Å². The molecule has 1 saturated carbocycles. The molecule has 1 saturated heterocycles. The molecular weight excluding hydrogens is 436 g/mol. The molecule has 2 atom stereocenters. The highest BCUT2D eigenvalue weighted by molar-refractivity contribution is 7.80. The average molecular weight is 465 g/mol. The van der Waals surface area contributed by atoms with Crippen LogP contribution >= 0.6 is 23.8 Å². The summed E-state index contributed by atoms with van der Waals surface area (Å²) in [6.07, 6.45) is 6.80. The van der Waals surface area contributed by atoms with Gasteiger partial charge in [0.05, 0.1) is 17.8 Å². The van der Waals surface area contributed by atoms with Crippen molar-refractivity contribution in [2.75, 3.05) is 0 Å². The van der Waals surface area contributed by atoms with Crippen LogP contribution in [0.15, 0.2) is 48.7 Å². The van der Waals surface area contributed by atoms with Crippen molar-refractivity contribution in [2.24, 2.45) is 0 Å². The number of rotatable bonds is 4. The van der Waals surface area contributed by atoms with Gasteiger partial charge in [-0.1, -0.05) is 36.6 Å². The molecule has 0 spiro atoms. The SMILES string of the molecule is Cc1c(C2C(c3ccccn3)NC(=S)N2C2CCCC2)c(C)n(-c2cccc(Cl)c2)c1C. The van der Waals surface area contributed by atoms with Crippen molar-refractivity contribution in [3.8, 4) is 5.69 Å². The second kappa shape index (κ2) is 8.53. The van der Waals surface area contributed by atoms with Crippen LogP contribution in [0.25, 0.3) is 5.69 Å². The van der Waals surface area contributed by atoms with Crippen LogP contribution in [0.3, 0.4) is 0 Å². The molecule has 2 fully saturated rings. The van der Waals surface area contributed by atoms with Gasteiger partial charge in [-0.2, -0.15) is 0 Å². The van der Waals surface area contributed by atoms with E-state index in [4.69, 9.17) is 28.8 Å². The number of halogens is 1. The molecule has 0 radical (unpaired) electrons. The predicted molar refractivity (Wildman–Crippen MR) is 135 cm³/mol. The lowest BCUT2D eigenvalue weighted by Crippen LogP contribution is -2.38. The average Bonchev–Trinajstić information content (AvgIpc) is 3.47. The zero-order chi connectivity index (χ0) is 22.4. The Kier molecular flexibility index (Phi) is 5.72. The van der Waals surface area contributed by atoms with Crippen molar-refractivity contribution < 1.29 is 0 Å². The summed E-state index contributed by atoms with van der Waals surface area (Å²) in [7, 11) is 0. The highest BCUT2D eigenvalue weighted by Crippen LogP contribution is 2.46. The van der Waals surface area contributed by atoms with Crippen LogP contribution in [0.2, 0.25) is 5.02 Å². The van der Waals surface area contributed by atoms with Crippen molar-refractivity contribution in [1.29, 1.82) is 0 Å². The minimum atomic E-state index is 0.0244. The molecule has 1 aliphatic carbocycles. The molecule has 4 nitrogen and oxygen atoms in total. The van der Waals surface area contributed by atoms with E-state index in [1.807, 2.05) is 30.5 Å². The van der Waals surface area contributed by atoms with Gasteiger partial charge in [0.25, 0.3) is 0 Å². The molecule has 1 aromatic carbocycles. The van der Waals surface area contributed by atoms with E-state index < -0.39 is 0 Å². The van der Waals surface area contributed by atoms with Crippen LogP contribution in [-0.2, 0) is 0 Å². The molecular formula is C26H29ClN4S. The van der Waals surface area contributed by atoms with Gasteiger partial charge in [0.1, 0.15) is 0 Å². The van der Waals surface area contributed by atoms with E-state index >= 15 is 0 Å². The van der Waals surface area contributed by atoms with Gasteiger partial charge in [0.15, 0.2) is 5.11 Å². The highest BCUT2D eigenvalue weighted by atomic mass is 35.5. The predicted octanol–water partition coefficient (Wildman–Crippen LogP) is 6.37. The largest absolute Gasteiger partial charge is 0.352 e. The quantitative estimate of drug-likeness (QED) is 0.455. The van der Waals surface area contributed by atoms with Crippen LogP contribution in [0.1, 0.15) is 66.0 Å². The second-order valence-electron chi connectivity index (χ2n) is 9.00. The fourth-order valence-electron chi connectivity index (χ4n) is 5.69. The summed E-state index contributed by atoms with van der Waals surface area (Å²) in [6.45, 7) is 6.66. The van der Waals surface area contributed by atoms with Gasteiger partial charge in [0, 0.05) is 39.9 Å². The summed E-state index contributed by atoms with van der Waals surface area (Å²) in [5.41, 5.74) is 7.26. The molecule has 166 valence electrons. The van der Waals surface area contributed by atoms with Crippen molar-refractivity contribution >= 4 is 28.9 Å². The Balaban J connectivity index is 1.68. The van der Waals surface area contributed by atoms with Gasteiger partial charge in [-0.25, -0.2) is 0 Å². The first-order valence-corrected chi connectivity index (χ1v) is 12.2. The first-order valence-electron chi connectivity index (χ1n) is 11.4. The standard InChI is InChI=1S/C26H29ClN4S/c1-16-17(2)30(21-12-8-9-19(27)15-21)18(3)23(16)25-24(22-13-6-7-14-28-22)29-26(32)31(25)20-10-4-5-11-20/h6-9,12-15,20,24-25H,4-5,10-11H2,1-3H3,(H,29,32). The zero-order valence-corrected chi connectivity index (χ0v) is 20.4. The van der Waals surface area contributed by atoms with E-state index in [0.29, 0.717) is 6.04 Å². The molecule has 3 heterocycles. The fraction of sp³-hybridized carbons (Fsp3) is 0.385. The third kappa shape index (κ3) is 3.52. The van der Waals surface area contributed by atoms with Gasteiger partial charge in [-0.3, -0.25) is 4.98 Å². The fourth-order valence-corrected chi connectivity index (χ4v) is 6.27. The number of hydrogen-bond acceptors (Lipinski definition) is 2. The van der Waals surface area contributed by atoms with E-state index in [9.17, 15) is 0 Å². The Hall–Kier alpha value is -2.37. The van der Waals surface area contributed by atoms with Gasteiger partial charge >= 0.3 is 0 Å².